The maximum absolute atomic E-state index is 14.0. The smallest absolute Gasteiger partial charge is 0.321 e. The van der Waals surface area contributed by atoms with E-state index in [9.17, 15) is 18.8 Å². The lowest BCUT2D eigenvalue weighted by molar-refractivity contribution is -0.119. The molecule has 1 aliphatic carbocycles. The maximum atomic E-state index is 14.0. The monoisotopic (exact) mass is 523 g/mol. The number of rotatable bonds is 7. The van der Waals surface area contributed by atoms with E-state index in [2.05, 4.69) is 15.5 Å². The molecule has 0 aromatic heterocycles. The molecule has 0 atom stereocenters. The van der Waals surface area contributed by atoms with E-state index < -0.39 is 5.82 Å². The molecule has 1 saturated carbocycles. The van der Waals surface area contributed by atoms with Gasteiger partial charge in [0.15, 0.2) is 0 Å². The van der Waals surface area contributed by atoms with Gasteiger partial charge >= 0.3 is 6.03 Å². The molecule has 2 aromatic carbocycles. The minimum absolute atomic E-state index is 0.0165. The Kier molecular flexibility index (Phi) is 9.20. The number of amides is 4. The third-order valence-corrected chi connectivity index (χ3v) is 7.51. The first kappa shape index (κ1) is 27.4. The van der Waals surface area contributed by atoms with Crippen LogP contribution in [0.15, 0.2) is 42.5 Å². The highest BCUT2D eigenvalue weighted by Gasteiger charge is 2.26. The van der Waals surface area contributed by atoms with Gasteiger partial charge in [0.2, 0.25) is 5.91 Å². The number of halogens is 1. The summed E-state index contributed by atoms with van der Waals surface area (Å²) < 4.78 is 14.0. The first-order chi connectivity index (χ1) is 18.4. The average molecular weight is 524 g/mol. The van der Waals surface area contributed by atoms with Crippen LogP contribution in [0, 0.1) is 11.7 Å². The van der Waals surface area contributed by atoms with E-state index >= 15 is 0 Å². The van der Waals surface area contributed by atoms with Gasteiger partial charge in [0, 0.05) is 56.6 Å². The van der Waals surface area contributed by atoms with Crippen LogP contribution in [0.5, 0.6) is 0 Å². The Morgan fingerprint density at radius 1 is 0.921 bits per heavy atom. The van der Waals surface area contributed by atoms with E-state index in [4.69, 9.17) is 0 Å². The van der Waals surface area contributed by atoms with Crippen molar-refractivity contribution in [1.82, 2.24) is 9.80 Å². The van der Waals surface area contributed by atoms with Gasteiger partial charge in [0.1, 0.15) is 5.82 Å². The summed E-state index contributed by atoms with van der Waals surface area (Å²) in [5, 5.41) is 5.69. The van der Waals surface area contributed by atoms with Gasteiger partial charge in [0.05, 0.1) is 11.3 Å². The summed E-state index contributed by atoms with van der Waals surface area (Å²) in [5.74, 6) is -0.510. The minimum atomic E-state index is -0.475. The second-order valence-corrected chi connectivity index (χ2v) is 9.92. The van der Waals surface area contributed by atoms with Crippen LogP contribution in [-0.2, 0) is 4.79 Å². The van der Waals surface area contributed by atoms with Crippen LogP contribution in [-0.4, -0.2) is 66.9 Å². The molecular formula is C29H38FN5O3. The minimum Gasteiger partial charge on any atom is -0.369 e. The Morgan fingerprint density at radius 3 is 2.37 bits per heavy atom. The Hall–Kier alpha value is -3.62. The van der Waals surface area contributed by atoms with Crippen molar-refractivity contribution in [2.75, 3.05) is 54.8 Å². The second-order valence-electron chi connectivity index (χ2n) is 9.92. The van der Waals surface area contributed by atoms with Crippen LogP contribution in [0.2, 0.25) is 0 Å². The van der Waals surface area contributed by atoms with Crippen LogP contribution < -0.4 is 15.5 Å². The van der Waals surface area contributed by atoms with Crippen molar-refractivity contribution in [2.45, 2.75) is 46.0 Å². The van der Waals surface area contributed by atoms with Crippen molar-refractivity contribution in [3.8, 4) is 0 Å². The third-order valence-electron chi connectivity index (χ3n) is 7.51. The maximum Gasteiger partial charge on any atom is 0.321 e. The van der Waals surface area contributed by atoms with Crippen molar-refractivity contribution >= 4 is 34.9 Å². The summed E-state index contributed by atoms with van der Waals surface area (Å²) in [6.07, 6.45) is 4.66. The van der Waals surface area contributed by atoms with Crippen molar-refractivity contribution < 1.29 is 18.8 Å². The largest absolute Gasteiger partial charge is 0.369 e. The van der Waals surface area contributed by atoms with Gasteiger partial charge < -0.3 is 25.3 Å². The molecule has 204 valence electrons. The molecule has 2 N–H and O–H groups in total. The molecule has 4 amide bonds. The highest BCUT2D eigenvalue weighted by Crippen LogP contribution is 2.30. The summed E-state index contributed by atoms with van der Waals surface area (Å²) in [7, 11) is 0. The number of carbonyl (C=O) groups excluding carboxylic acids is 3. The molecule has 2 fully saturated rings. The van der Waals surface area contributed by atoms with Crippen LogP contribution in [0.4, 0.5) is 26.2 Å². The van der Waals surface area contributed by atoms with E-state index in [1.807, 2.05) is 26.0 Å². The Morgan fingerprint density at radius 2 is 1.66 bits per heavy atom. The van der Waals surface area contributed by atoms with E-state index in [1.54, 1.807) is 28.0 Å². The Labute approximate surface area is 224 Å². The zero-order valence-corrected chi connectivity index (χ0v) is 22.3. The van der Waals surface area contributed by atoms with Crippen molar-refractivity contribution in [2.24, 2.45) is 5.92 Å². The van der Waals surface area contributed by atoms with Crippen LogP contribution >= 0.6 is 0 Å². The topological polar surface area (TPSA) is 85.0 Å². The summed E-state index contributed by atoms with van der Waals surface area (Å²) in [6.45, 7) is 7.20. The summed E-state index contributed by atoms with van der Waals surface area (Å²) in [6, 6.07) is 11.3. The standard InChI is InChI=1S/C29H38FN5O3/c1-3-33(4-2)28(37)23-20-22(31-27(36)21-10-5-6-11-21)14-15-26(23)34-16-9-17-35(19-18-34)29(38)32-25-13-8-7-12-24(25)30/h7-8,12-15,20-21H,3-6,9-11,16-19H2,1-2H3,(H,31,36)(H,32,38). The zero-order chi connectivity index (χ0) is 27.1. The molecule has 0 unspecified atom stereocenters. The summed E-state index contributed by atoms with van der Waals surface area (Å²) >= 11 is 0. The van der Waals surface area contributed by atoms with Crippen molar-refractivity contribution in [1.29, 1.82) is 0 Å². The number of benzene rings is 2. The summed E-state index contributed by atoms with van der Waals surface area (Å²) in [4.78, 5) is 44.7. The van der Waals surface area contributed by atoms with E-state index in [0.29, 0.717) is 56.9 Å². The average Bonchev–Trinajstić information content (AvgIpc) is 3.36. The molecular weight excluding hydrogens is 485 g/mol. The number of carbonyl (C=O) groups is 3. The molecule has 0 radical (unpaired) electrons. The summed E-state index contributed by atoms with van der Waals surface area (Å²) in [5.41, 5.74) is 2.11. The quantitative estimate of drug-likeness (QED) is 0.524. The number of anilines is 3. The molecule has 1 saturated heterocycles. The number of para-hydroxylation sites is 1. The Bertz CT molecular complexity index is 1150. The first-order valence-corrected chi connectivity index (χ1v) is 13.7. The predicted octanol–water partition coefficient (Wildman–Crippen LogP) is 5.18. The molecule has 0 bridgehead atoms. The lowest BCUT2D eigenvalue weighted by Crippen LogP contribution is -2.38. The SMILES string of the molecule is CCN(CC)C(=O)c1cc(NC(=O)C2CCCC2)ccc1N1CCCN(C(=O)Nc2ccccc2F)CC1. The predicted molar refractivity (Wildman–Crippen MR) is 148 cm³/mol. The van der Waals surface area contributed by atoms with Gasteiger partial charge in [-0.05, 0) is 63.4 Å². The van der Waals surface area contributed by atoms with Gasteiger partial charge in [-0.3, -0.25) is 9.59 Å². The van der Waals surface area contributed by atoms with E-state index in [0.717, 1.165) is 31.4 Å². The van der Waals surface area contributed by atoms with Crippen LogP contribution in [0.3, 0.4) is 0 Å². The highest BCUT2D eigenvalue weighted by atomic mass is 19.1. The number of nitrogens with one attached hydrogen (secondary N) is 2. The Balaban J connectivity index is 1.51. The molecule has 1 heterocycles. The van der Waals surface area contributed by atoms with Gasteiger partial charge in [-0.2, -0.15) is 0 Å². The molecule has 8 nitrogen and oxygen atoms in total. The van der Waals surface area contributed by atoms with Gasteiger partial charge in [-0.1, -0.05) is 25.0 Å². The second kappa shape index (κ2) is 12.8. The first-order valence-electron chi connectivity index (χ1n) is 13.7. The molecule has 38 heavy (non-hydrogen) atoms. The number of nitrogens with zero attached hydrogens (tertiary/aromatic N) is 3. The lowest BCUT2D eigenvalue weighted by atomic mass is 10.1. The van der Waals surface area contributed by atoms with Gasteiger partial charge in [-0.15, -0.1) is 0 Å². The molecule has 1 aliphatic heterocycles. The highest BCUT2D eigenvalue weighted by molar-refractivity contribution is 6.02. The fourth-order valence-corrected chi connectivity index (χ4v) is 5.29. The fourth-order valence-electron chi connectivity index (χ4n) is 5.29. The van der Waals surface area contributed by atoms with Crippen molar-refractivity contribution in [3.63, 3.8) is 0 Å². The molecule has 4 rings (SSSR count). The normalized spacial score (nSPS) is 16.2. The fraction of sp³-hybridized carbons (Fsp3) is 0.483. The molecule has 2 aliphatic rings. The van der Waals surface area contributed by atoms with Gasteiger partial charge in [0.25, 0.3) is 5.91 Å². The zero-order valence-electron chi connectivity index (χ0n) is 22.3. The molecule has 2 aromatic rings. The molecule has 9 heteroatoms. The number of urea groups is 1. The van der Waals surface area contributed by atoms with E-state index in [1.165, 1.54) is 12.1 Å². The number of hydrogen-bond acceptors (Lipinski definition) is 4. The van der Waals surface area contributed by atoms with E-state index in [-0.39, 0.29) is 29.5 Å². The van der Waals surface area contributed by atoms with Gasteiger partial charge in [-0.25, -0.2) is 9.18 Å². The third kappa shape index (κ3) is 6.44. The van der Waals surface area contributed by atoms with Crippen LogP contribution in [0.25, 0.3) is 0 Å². The van der Waals surface area contributed by atoms with Crippen LogP contribution in [0.1, 0.15) is 56.3 Å². The number of hydrogen-bond donors (Lipinski definition) is 2. The lowest BCUT2D eigenvalue weighted by Gasteiger charge is -2.28. The molecule has 0 spiro atoms. The van der Waals surface area contributed by atoms with Crippen molar-refractivity contribution in [3.05, 3.63) is 53.8 Å².